The summed E-state index contributed by atoms with van der Waals surface area (Å²) in [5, 5.41) is 13.2. The molecule has 29 heavy (non-hydrogen) atoms. The Kier molecular flexibility index (Phi) is 4.67. The number of ether oxygens (including phenoxy) is 1. The second kappa shape index (κ2) is 7.47. The van der Waals surface area contributed by atoms with Gasteiger partial charge in [0.05, 0.1) is 52.2 Å². The molecule has 5 rings (SSSR count). The van der Waals surface area contributed by atoms with Crippen LogP contribution in [0.1, 0.15) is 9.67 Å². The molecule has 1 fully saturated rings. The molecule has 1 aliphatic rings. The quantitative estimate of drug-likeness (QED) is 0.505. The Bertz CT molecular complexity index is 1200. The van der Waals surface area contributed by atoms with Gasteiger partial charge in [0, 0.05) is 5.38 Å². The van der Waals surface area contributed by atoms with E-state index in [4.69, 9.17) is 16.3 Å². The van der Waals surface area contributed by atoms with E-state index in [1.807, 2.05) is 47.8 Å². The minimum atomic E-state index is -0.0876. The van der Waals surface area contributed by atoms with Crippen molar-refractivity contribution in [2.45, 2.75) is 6.04 Å². The van der Waals surface area contributed by atoms with Gasteiger partial charge in [-0.3, -0.25) is 4.79 Å². The molecule has 0 unspecified atom stereocenters. The average Bonchev–Trinajstić information content (AvgIpc) is 3.33. The van der Waals surface area contributed by atoms with Crippen molar-refractivity contribution >= 4 is 51.4 Å². The van der Waals surface area contributed by atoms with Crippen LogP contribution in [-0.2, 0) is 4.74 Å². The van der Waals surface area contributed by atoms with Gasteiger partial charge in [0.15, 0.2) is 0 Å². The molecular weight excluding hydrogens is 410 g/mol. The standard InChI is InChI=1S/C20H16ClN5O2S/c21-14-3-1-2-4-15(14)24-19-6-5-17-16(25-19)8-22-26(17)13-7-18(29-11-13)20(27)23-12-9-28-10-12/h1-8,11-12H,9-10H2,(H,23,27)(H,24,25). The smallest absolute Gasteiger partial charge is 0.261 e. The zero-order chi connectivity index (χ0) is 19.8. The summed E-state index contributed by atoms with van der Waals surface area (Å²) in [4.78, 5) is 17.6. The van der Waals surface area contributed by atoms with Crippen LogP contribution < -0.4 is 10.6 Å². The first-order chi connectivity index (χ1) is 14.2. The third kappa shape index (κ3) is 3.57. The molecule has 1 saturated heterocycles. The van der Waals surface area contributed by atoms with E-state index in [0.29, 0.717) is 28.9 Å². The number of rotatable bonds is 5. The molecule has 4 aromatic rings. The Morgan fingerprint density at radius 1 is 1.24 bits per heavy atom. The maximum atomic E-state index is 12.3. The predicted molar refractivity (Wildman–Crippen MR) is 114 cm³/mol. The number of hydrogen-bond acceptors (Lipinski definition) is 6. The number of halogens is 1. The molecule has 9 heteroatoms. The number of carbonyl (C=O) groups excluding carboxylic acids is 1. The van der Waals surface area contributed by atoms with Crippen LogP contribution in [-0.4, -0.2) is 39.9 Å². The summed E-state index contributed by atoms with van der Waals surface area (Å²) in [6, 6.07) is 13.3. The molecule has 1 aromatic carbocycles. The van der Waals surface area contributed by atoms with Crippen LogP contribution >= 0.6 is 22.9 Å². The number of nitrogens with zero attached hydrogens (tertiary/aromatic N) is 3. The minimum Gasteiger partial charge on any atom is -0.377 e. The molecule has 0 saturated carbocycles. The van der Waals surface area contributed by atoms with Crippen molar-refractivity contribution in [2.75, 3.05) is 18.5 Å². The first-order valence-corrected chi connectivity index (χ1v) is 10.3. The zero-order valence-electron chi connectivity index (χ0n) is 15.1. The van der Waals surface area contributed by atoms with Crippen molar-refractivity contribution in [3.8, 4) is 5.69 Å². The third-order valence-corrected chi connectivity index (χ3v) is 5.84. The molecule has 1 aliphatic heterocycles. The highest BCUT2D eigenvalue weighted by molar-refractivity contribution is 7.12. The highest BCUT2D eigenvalue weighted by Crippen LogP contribution is 2.27. The maximum absolute atomic E-state index is 12.3. The number of hydrogen-bond donors (Lipinski definition) is 2. The van der Waals surface area contributed by atoms with Gasteiger partial charge in [-0.1, -0.05) is 23.7 Å². The monoisotopic (exact) mass is 425 g/mol. The van der Waals surface area contributed by atoms with Crippen molar-refractivity contribution < 1.29 is 9.53 Å². The third-order valence-electron chi connectivity index (χ3n) is 4.59. The van der Waals surface area contributed by atoms with E-state index >= 15 is 0 Å². The lowest BCUT2D eigenvalue weighted by Gasteiger charge is -2.26. The van der Waals surface area contributed by atoms with Gasteiger partial charge in [-0.15, -0.1) is 11.3 Å². The number of fused-ring (bicyclic) bond motifs is 1. The van der Waals surface area contributed by atoms with Gasteiger partial charge in [0.1, 0.15) is 11.3 Å². The fourth-order valence-corrected chi connectivity index (χ4v) is 3.98. The highest BCUT2D eigenvalue weighted by atomic mass is 35.5. The summed E-state index contributed by atoms with van der Waals surface area (Å²) in [7, 11) is 0. The summed E-state index contributed by atoms with van der Waals surface area (Å²) in [5.41, 5.74) is 3.21. The largest absolute Gasteiger partial charge is 0.377 e. The van der Waals surface area contributed by atoms with E-state index in [-0.39, 0.29) is 11.9 Å². The molecule has 2 N–H and O–H groups in total. The number of nitrogens with one attached hydrogen (secondary N) is 2. The molecule has 4 heterocycles. The predicted octanol–water partition coefficient (Wildman–Crippen LogP) is 4.01. The minimum absolute atomic E-state index is 0.0876. The SMILES string of the molecule is O=C(NC1COC1)c1cc(-n2ncc3nc(Nc4ccccc4Cl)ccc32)cs1. The fourth-order valence-electron chi connectivity index (χ4n) is 3.02. The van der Waals surface area contributed by atoms with Crippen LogP contribution in [0.4, 0.5) is 11.5 Å². The summed E-state index contributed by atoms with van der Waals surface area (Å²) < 4.78 is 6.87. The lowest BCUT2D eigenvalue weighted by Crippen LogP contribution is -2.48. The Hall–Kier alpha value is -2.94. The molecule has 1 amide bonds. The summed E-state index contributed by atoms with van der Waals surface area (Å²) in [6.45, 7) is 1.15. The number of para-hydroxylation sites is 1. The van der Waals surface area contributed by atoms with Crippen LogP contribution in [0.3, 0.4) is 0 Å². The number of thiophene rings is 1. The second-order valence-electron chi connectivity index (χ2n) is 6.64. The van der Waals surface area contributed by atoms with E-state index < -0.39 is 0 Å². The zero-order valence-corrected chi connectivity index (χ0v) is 16.7. The summed E-state index contributed by atoms with van der Waals surface area (Å²) in [5.74, 6) is 0.591. The number of benzene rings is 1. The van der Waals surface area contributed by atoms with Crippen molar-refractivity contribution in [1.82, 2.24) is 20.1 Å². The number of aromatic nitrogens is 3. The van der Waals surface area contributed by atoms with Gasteiger partial charge in [0.25, 0.3) is 5.91 Å². The van der Waals surface area contributed by atoms with E-state index in [1.165, 1.54) is 11.3 Å². The Morgan fingerprint density at radius 3 is 2.90 bits per heavy atom. The average molecular weight is 426 g/mol. The van der Waals surface area contributed by atoms with Crippen molar-refractivity contribution in [3.63, 3.8) is 0 Å². The van der Waals surface area contributed by atoms with E-state index in [2.05, 4.69) is 20.7 Å². The van der Waals surface area contributed by atoms with Crippen molar-refractivity contribution in [2.24, 2.45) is 0 Å². The van der Waals surface area contributed by atoms with Crippen molar-refractivity contribution in [3.05, 3.63) is 63.9 Å². The van der Waals surface area contributed by atoms with Crippen LogP contribution in [0.15, 0.2) is 54.0 Å². The lowest BCUT2D eigenvalue weighted by atomic mass is 10.2. The van der Waals surface area contributed by atoms with Crippen molar-refractivity contribution in [1.29, 1.82) is 0 Å². The van der Waals surface area contributed by atoms with E-state index in [1.54, 1.807) is 10.9 Å². The van der Waals surface area contributed by atoms with Crippen LogP contribution in [0.5, 0.6) is 0 Å². The Labute approximate surface area is 175 Å². The van der Waals surface area contributed by atoms with Gasteiger partial charge in [-0.2, -0.15) is 5.10 Å². The number of carbonyl (C=O) groups is 1. The first kappa shape index (κ1) is 18.1. The number of anilines is 2. The van der Waals surface area contributed by atoms with E-state index in [0.717, 1.165) is 22.4 Å². The maximum Gasteiger partial charge on any atom is 0.261 e. The molecule has 3 aromatic heterocycles. The molecule has 0 spiro atoms. The molecule has 0 aliphatic carbocycles. The lowest BCUT2D eigenvalue weighted by molar-refractivity contribution is -0.00338. The van der Waals surface area contributed by atoms with Crippen LogP contribution in [0, 0.1) is 0 Å². The van der Waals surface area contributed by atoms with Crippen LogP contribution in [0.2, 0.25) is 5.02 Å². The number of amides is 1. The highest BCUT2D eigenvalue weighted by Gasteiger charge is 2.22. The summed E-state index contributed by atoms with van der Waals surface area (Å²) in [6.07, 6.45) is 1.70. The Balaban J connectivity index is 1.39. The van der Waals surface area contributed by atoms with Gasteiger partial charge in [-0.05, 0) is 30.3 Å². The second-order valence-corrected chi connectivity index (χ2v) is 7.96. The first-order valence-electron chi connectivity index (χ1n) is 9.01. The van der Waals surface area contributed by atoms with Crippen LogP contribution in [0.25, 0.3) is 16.7 Å². The summed E-state index contributed by atoms with van der Waals surface area (Å²) >= 11 is 7.59. The van der Waals surface area contributed by atoms with Gasteiger partial charge < -0.3 is 15.4 Å². The van der Waals surface area contributed by atoms with E-state index in [9.17, 15) is 4.79 Å². The molecule has 7 nitrogen and oxygen atoms in total. The van der Waals surface area contributed by atoms with Gasteiger partial charge >= 0.3 is 0 Å². The Morgan fingerprint density at radius 2 is 2.10 bits per heavy atom. The van der Waals surface area contributed by atoms with Gasteiger partial charge in [-0.25, -0.2) is 9.67 Å². The molecule has 146 valence electrons. The van der Waals surface area contributed by atoms with Gasteiger partial charge in [0.2, 0.25) is 0 Å². The molecule has 0 radical (unpaired) electrons. The number of pyridine rings is 1. The topological polar surface area (TPSA) is 81.1 Å². The fraction of sp³-hybridized carbons (Fsp3) is 0.150. The molecule has 0 atom stereocenters. The molecular formula is C20H16ClN5O2S. The molecule has 0 bridgehead atoms. The normalized spacial score (nSPS) is 14.0.